The van der Waals surface area contributed by atoms with Crippen LogP contribution in [0.4, 0.5) is 0 Å². The summed E-state index contributed by atoms with van der Waals surface area (Å²) in [6, 6.07) is 8.96. The fraction of sp³-hybridized carbons (Fsp3) is 0.471. The van der Waals surface area contributed by atoms with E-state index in [0.717, 1.165) is 25.7 Å². The Morgan fingerprint density at radius 1 is 1.09 bits per heavy atom. The second-order valence-corrected chi connectivity index (χ2v) is 6.04. The Hall–Kier alpha value is -2.35. The van der Waals surface area contributed by atoms with Crippen LogP contribution in [-0.4, -0.2) is 35.8 Å². The first-order chi connectivity index (χ1) is 10.7. The van der Waals surface area contributed by atoms with Gasteiger partial charge in [0.2, 0.25) is 5.91 Å². The highest BCUT2D eigenvalue weighted by Crippen LogP contribution is 2.29. The molecule has 1 aliphatic heterocycles. The van der Waals surface area contributed by atoms with Crippen LogP contribution in [0.2, 0.25) is 0 Å². The number of piperidine rings is 1. The number of rotatable bonds is 3. The summed E-state index contributed by atoms with van der Waals surface area (Å²) in [5.41, 5.74) is 1.16. The van der Waals surface area contributed by atoms with Crippen LogP contribution in [0.15, 0.2) is 24.3 Å². The molecule has 0 unspecified atom stereocenters. The summed E-state index contributed by atoms with van der Waals surface area (Å²) in [5, 5.41) is 11.9. The van der Waals surface area contributed by atoms with Gasteiger partial charge >= 0.3 is 0 Å². The van der Waals surface area contributed by atoms with Crippen molar-refractivity contribution >= 4 is 11.8 Å². The number of benzene rings is 1. The van der Waals surface area contributed by atoms with Gasteiger partial charge in [-0.15, -0.1) is 0 Å². The van der Waals surface area contributed by atoms with Crippen LogP contribution in [0.1, 0.15) is 41.6 Å². The number of carbonyl (C=O) groups is 2. The minimum Gasteiger partial charge on any atom is -0.353 e. The normalized spacial score (nSPS) is 18.6. The van der Waals surface area contributed by atoms with E-state index in [2.05, 4.69) is 5.32 Å². The Morgan fingerprint density at radius 2 is 1.73 bits per heavy atom. The van der Waals surface area contributed by atoms with Gasteiger partial charge in [-0.2, -0.15) is 5.26 Å². The molecule has 5 heteroatoms. The van der Waals surface area contributed by atoms with Crippen molar-refractivity contribution in [3.63, 3.8) is 0 Å². The molecule has 1 saturated carbocycles. The zero-order valence-corrected chi connectivity index (χ0v) is 12.4. The van der Waals surface area contributed by atoms with Crippen LogP contribution < -0.4 is 5.32 Å². The van der Waals surface area contributed by atoms with E-state index in [4.69, 9.17) is 5.26 Å². The number of hydrogen-bond acceptors (Lipinski definition) is 3. The third kappa shape index (κ3) is 3.28. The zero-order chi connectivity index (χ0) is 15.5. The maximum atomic E-state index is 12.4. The second-order valence-electron chi connectivity index (χ2n) is 6.04. The van der Waals surface area contributed by atoms with Gasteiger partial charge in [0.25, 0.3) is 5.91 Å². The third-order valence-corrected chi connectivity index (χ3v) is 4.34. The maximum Gasteiger partial charge on any atom is 0.253 e. The topological polar surface area (TPSA) is 73.2 Å². The Kier molecular flexibility index (Phi) is 4.10. The average molecular weight is 297 g/mol. The number of nitrogens with zero attached hydrogens (tertiary/aromatic N) is 2. The van der Waals surface area contributed by atoms with Crippen molar-refractivity contribution in [3.05, 3.63) is 35.4 Å². The highest BCUT2D eigenvalue weighted by atomic mass is 16.2. The van der Waals surface area contributed by atoms with Crippen LogP contribution >= 0.6 is 0 Å². The molecule has 1 saturated heterocycles. The van der Waals surface area contributed by atoms with Crippen LogP contribution in [-0.2, 0) is 4.79 Å². The second kappa shape index (κ2) is 6.18. The van der Waals surface area contributed by atoms with E-state index >= 15 is 0 Å². The lowest BCUT2D eigenvalue weighted by atomic mass is 10.0. The van der Waals surface area contributed by atoms with E-state index in [1.807, 2.05) is 11.0 Å². The summed E-state index contributed by atoms with van der Waals surface area (Å²) in [5.74, 6) is 0.409. The van der Waals surface area contributed by atoms with Crippen molar-refractivity contribution in [1.82, 2.24) is 10.2 Å². The molecule has 0 atom stereocenters. The molecular formula is C17H19N3O2. The predicted octanol–water partition coefficient (Wildman–Crippen LogP) is 1.69. The molecule has 1 aliphatic carbocycles. The lowest BCUT2D eigenvalue weighted by molar-refractivity contribution is -0.123. The minimum atomic E-state index is -0.00328. The molecule has 0 radical (unpaired) electrons. The average Bonchev–Trinajstić information content (AvgIpc) is 3.40. The number of amides is 2. The van der Waals surface area contributed by atoms with E-state index in [1.54, 1.807) is 24.3 Å². The summed E-state index contributed by atoms with van der Waals surface area (Å²) >= 11 is 0. The summed E-state index contributed by atoms with van der Waals surface area (Å²) in [6.07, 6.45) is 3.64. The molecule has 114 valence electrons. The first-order valence-corrected chi connectivity index (χ1v) is 7.77. The van der Waals surface area contributed by atoms with Gasteiger partial charge in [-0.05, 0) is 49.9 Å². The smallest absolute Gasteiger partial charge is 0.253 e. The van der Waals surface area contributed by atoms with Gasteiger partial charge in [0.1, 0.15) is 0 Å². The van der Waals surface area contributed by atoms with Crippen LogP contribution in [0.3, 0.4) is 0 Å². The van der Waals surface area contributed by atoms with Gasteiger partial charge in [0.05, 0.1) is 11.6 Å². The van der Waals surface area contributed by atoms with E-state index in [-0.39, 0.29) is 23.8 Å². The Bertz CT molecular complexity index is 606. The molecule has 2 amide bonds. The lowest BCUT2D eigenvalue weighted by Crippen LogP contribution is -2.46. The maximum absolute atomic E-state index is 12.4. The Morgan fingerprint density at radius 3 is 2.27 bits per heavy atom. The fourth-order valence-corrected chi connectivity index (χ4v) is 2.76. The van der Waals surface area contributed by atoms with Gasteiger partial charge in [0, 0.05) is 30.6 Å². The number of carbonyl (C=O) groups excluding carboxylic acids is 2. The summed E-state index contributed by atoms with van der Waals surface area (Å²) in [7, 11) is 0. The quantitative estimate of drug-likeness (QED) is 0.922. The molecular weight excluding hydrogens is 278 g/mol. The molecule has 2 aliphatic rings. The van der Waals surface area contributed by atoms with E-state index in [1.165, 1.54) is 0 Å². The fourth-order valence-electron chi connectivity index (χ4n) is 2.76. The highest BCUT2D eigenvalue weighted by molar-refractivity contribution is 5.94. The number of hydrogen-bond donors (Lipinski definition) is 1. The summed E-state index contributed by atoms with van der Waals surface area (Å²) < 4.78 is 0. The number of nitrogens with one attached hydrogen (secondary N) is 1. The largest absolute Gasteiger partial charge is 0.353 e. The molecule has 0 bridgehead atoms. The molecule has 2 fully saturated rings. The lowest BCUT2D eigenvalue weighted by Gasteiger charge is -2.32. The summed E-state index contributed by atoms with van der Waals surface area (Å²) in [4.78, 5) is 26.0. The molecule has 1 heterocycles. The monoisotopic (exact) mass is 297 g/mol. The van der Waals surface area contributed by atoms with E-state index in [9.17, 15) is 9.59 Å². The Balaban J connectivity index is 1.52. The van der Waals surface area contributed by atoms with Crippen molar-refractivity contribution in [2.45, 2.75) is 31.7 Å². The highest BCUT2D eigenvalue weighted by Gasteiger charge is 2.32. The number of nitriles is 1. The van der Waals surface area contributed by atoms with Gasteiger partial charge in [-0.25, -0.2) is 0 Å². The predicted molar refractivity (Wildman–Crippen MR) is 80.9 cm³/mol. The van der Waals surface area contributed by atoms with Gasteiger partial charge in [-0.1, -0.05) is 0 Å². The van der Waals surface area contributed by atoms with Gasteiger partial charge < -0.3 is 10.2 Å². The van der Waals surface area contributed by atoms with Crippen molar-refractivity contribution in [1.29, 1.82) is 5.26 Å². The van der Waals surface area contributed by atoms with E-state index in [0.29, 0.717) is 24.2 Å². The molecule has 1 N–H and O–H groups in total. The first-order valence-electron chi connectivity index (χ1n) is 7.77. The van der Waals surface area contributed by atoms with Crippen LogP contribution in [0.5, 0.6) is 0 Å². The standard InChI is InChI=1S/C17H19N3O2/c18-11-12-1-3-14(4-2-12)17(22)20-9-7-15(8-10-20)19-16(21)13-5-6-13/h1-4,13,15H,5-10H2,(H,19,21). The molecule has 0 spiro atoms. The molecule has 3 rings (SSSR count). The first kappa shape index (κ1) is 14.6. The molecule has 0 aromatic heterocycles. The van der Waals surface area contributed by atoms with Crippen molar-refractivity contribution in [3.8, 4) is 6.07 Å². The zero-order valence-electron chi connectivity index (χ0n) is 12.4. The van der Waals surface area contributed by atoms with E-state index < -0.39 is 0 Å². The Labute approximate surface area is 129 Å². The molecule has 1 aromatic rings. The van der Waals surface area contributed by atoms with Crippen molar-refractivity contribution in [2.75, 3.05) is 13.1 Å². The van der Waals surface area contributed by atoms with Gasteiger partial charge in [-0.3, -0.25) is 9.59 Å². The summed E-state index contributed by atoms with van der Waals surface area (Å²) in [6.45, 7) is 1.32. The third-order valence-electron chi connectivity index (χ3n) is 4.34. The van der Waals surface area contributed by atoms with Crippen molar-refractivity contribution < 1.29 is 9.59 Å². The van der Waals surface area contributed by atoms with Crippen LogP contribution in [0, 0.1) is 17.2 Å². The molecule has 5 nitrogen and oxygen atoms in total. The minimum absolute atomic E-state index is 0.00328. The number of likely N-dealkylation sites (tertiary alicyclic amines) is 1. The SMILES string of the molecule is N#Cc1ccc(C(=O)N2CCC(NC(=O)C3CC3)CC2)cc1. The molecule has 1 aromatic carbocycles. The van der Waals surface area contributed by atoms with Crippen LogP contribution in [0.25, 0.3) is 0 Å². The van der Waals surface area contributed by atoms with Gasteiger partial charge in [0.15, 0.2) is 0 Å². The van der Waals surface area contributed by atoms with Crippen molar-refractivity contribution in [2.24, 2.45) is 5.92 Å². The molecule has 22 heavy (non-hydrogen) atoms.